The van der Waals surface area contributed by atoms with Crippen LogP contribution in [0.4, 0.5) is 5.69 Å². The number of rotatable bonds is 11. The fourth-order valence-corrected chi connectivity index (χ4v) is 2.51. The zero-order chi connectivity index (χ0) is 16.9. The lowest BCUT2D eigenvalue weighted by atomic mass is 10.3. The highest BCUT2D eigenvalue weighted by atomic mass is 32.2. The van der Waals surface area contributed by atoms with Crippen LogP contribution in [-0.2, 0) is 19.1 Å². The molecule has 1 rings (SSSR count). The van der Waals surface area contributed by atoms with Gasteiger partial charge in [-0.3, -0.25) is 9.59 Å². The Morgan fingerprint density at radius 3 is 1.83 bits per heavy atom. The van der Waals surface area contributed by atoms with E-state index in [0.717, 1.165) is 5.69 Å². The van der Waals surface area contributed by atoms with Crippen molar-refractivity contribution in [3.63, 3.8) is 0 Å². The highest BCUT2D eigenvalue weighted by Gasteiger charge is 2.09. The van der Waals surface area contributed by atoms with Crippen molar-refractivity contribution in [1.29, 1.82) is 0 Å². The van der Waals surface area contributed by atoms with Crippen LogP contribution in [0.5, 0.6) is 0 Å². The molecule has 0 amide bonds. The van der Waals surface area contributed by atoms with Gasteiger partial charge in [-0.25, -0.2) is 0 Å². The topological polar surface area (TPSA) is 55.8 Å². The highest BCUT2D eigenvalue weighted by molar-refractivity contribution is 7.99. The van der Waals surface area contributed by atoms with Gasteiger partial charge in [0.2, 0.25) is 0 Å². The molecular weight excluding hydrogens is 334 g/mol. The van der Waals surface area contributed by atoms with Crippen molar-refractivity contribution in [2.75, 3.05) is 55.2 Å². The minimum Gasteiger partial charge on any atom is -0.463 e. The molecule has 0 aliphatic rings. The number of para-hydroxylation sites is 1. The number of benzene rings is 1. The number of hydrogen-bond donors (Lipinski definition) is 0. The van der Waals surface area contributed by atoms with Crippen LogP contribution < -0.4 is 4.90 Å². The third kappa shape index (κ3) is 8.76. The molecule has 0 saturated heterocycles. The summed E-state index contributed by atoms with van der Waals surface area (Å²) in [7, 11) is 0. The lowest BCUT2D eigenvalue weighted by Gasteiger charge is -2.24. The molecule has 0 aromatic heterocycles. The third-order valence-corrected chi connectivity index (χ3v) is 3.94. The zero-order valence-corrected chi connectivity index (χ0v) is 15.2. The second-order valence-electron chi connectivity index (χ2n) is 4.63. The number of thioether (sulfide) groups is 2. The predicted octanol–water partition coefficient (Wildman–Crippen LogP) is 2.31. The number of anilines is 1. The summed E-state index contributed by atoms with van der Waals surface area (Å²) in [6, 6.07) is 9.79. The smallest absolute Gasteiger partial charge is 0.315 e. The average Bonchev–Trinajstić information content (AvgIpc) is 2.55. The summed E-state index contributed by atoms with van der Waals surface area (Å²) in [6.07, 6.45) is 3.72. The van der Waals surface area contributed by atoms with Crippen molar-refractivity contribution in [3.8, 4) is 0 Å². The maximum Gasteiger partial charge on any atom is 0.315 e. The first kappa shape index (κ1) is 19.7. The molecule has 1 aromatic rings. The van der Waals surface area contributed by atoms with Gasteiger partial charge in [-0.05, 0) is 24.6 Å². The quantitative estimate of drug-likeness (QED) is 0.563. The molecule has 7 heteroatoms. The molecule has 5 nitrogen and oxygen atoms in total. The molecule has 128 valence electrons. The van der Waals surface area contributed by atoms with Crippen LogP contribution in [-0.4, -0.2) is 62.3 Å². The Hall–Kier alpha value is -1.34. The first-order valence-corrected chi connectivity index (χ1v) is 10.0. The Kier molecular flexibility index (Phi) is 10.4. The summed E-state index contributed by atoms with van der Waals surface area (Å²) in [4.78, 5) is 24.8. The van der Waals surface area contributed by atoms with Crippen molar-refractivity contribution in [2.45, 2.75) is 0 Å². The maximum atomic E-state index is 11.4. The van der Waals surface area contributed by atoms with Crippen molar-refractivity contribution >= 4 is 41.1 Å². The van der Waals surface area contributed by atoms with Crippen LogP contribution in [0.1, 0.15) is 0 Å². The van der Waals surface area contributed by atoms with E-state index in [2.05, 4.69) is 0 Å². The van der Waals surface area contributed by atoms with Crippen LogP contribution in [0.2, 0.25) is 0 Å². The Labute approximate surface area is 146 Å². The number of ether oxygens (including phenoxy) is 2. The van der Waals surface area contributed by atoms with Crippen molar-refractivity contribution < 1.29 is 19.1 Å². The van der Waals surface area contributed by atoms with Crippen LogP contribution in [0.25, 0.3) is 0 Å². The number of carbonyl (C=O) groups is 2. The van der Waals surface area contributed by atoms with Gasteiger partial charge in [0.1, 0.15) is 13.2 Å². The second-order valence-corrected chi connectivity index (χ2v) is 6.36. The molecule has 0 saturated carbocycles. The molecule has 1 aromatic carbocycles. The largest absolute Gasteiger partial charge is 0.463 e. The minimum atomic E-state index is -0.211. The van der Waals surface area contributed by atoms with Gasteiger partial charge in [0.05, 0.1) is 24.6 Å². The van der Waals surface area contributed by atoms with Gasteiger partial charge in [0.25, 0.3) is 0 Å². The summed E-state index contributed by atoms with van der Waals surface area (Å²) in [5.41, 5.74) is 1.01. The Balaban J connectivity index is 2.47. The average molecular weight is 357 g/mol. The molecule has 0 unspecified atom stereocenters. The third-order valence-electron chi connectivity index (χ3n) is 2.89. The Morgan fingerprint density at radius 2 is 1.39 bits per heavy atom. The second kappa shape index (κ2) is 12.1. The van der Waals surface area contributed by atoms with Crippen LogP contribution in [0, 0.1) is 0 Å². The maximum absolute atomic E-state index is 11.4. The lowest BCUT2D eigenvalue weighted by Crippen LogP contribution is -2.32. The molecule has 0 atom stereocenters. The molecule has 0 N–H and O–H groups in total. The Bertz CT molecular complexity index is 446. The fourth-order valence-electron chi connectivity index (χ4n) is 1.87. The number of carbonyl (C=O) groups excluding carboxylic acids is 2. The van der Waals surface area contributed by atoms with Crippen molar-refractivity contribution in [3.05, 3.63) is 30.3 Å². The number of nitrogens with zero attached hydrogens (tertiary/aromatic N) is 1. The summed E-state index contributed by atoms with van der Waals surface area (Å²) < 4.78 is 10.4. The molecule has 0 spiro atoms. The standard InChI is InChI=1S/C16H23NO4S2/c1-22-12-15(18)20-10-8-17(14-6-4-3-5-7-14)9-11-21-16(19)13-23-2/h3-7H,8-13H2,1-2H3. The molecule has 0 aliphatic heterocycles. The van der Waals surface area contributed by atoms with E-state index in [1.165, 1.54) is 23.5 Å². The van der Waals surface area contributed by atoms with Gasteiger partial charge < -0.3 is 14.4 Å². The van der Waals surface area contributed by atoms with Gasteiger partial charge in [0.15, 0.2) is 0 Å². The predicted molar refractivity (Wildman–Crippen MR) is 97.3 cm³/mol. The van der Waals surface area contributed by atoms with E-state index in [9.17, 15) is 9.59 Å². The fraction of sp³-hybridized carbons (Fsp3) is 0.500. The van der Waals surface area contributed by atoms with E-state index in [1.807, 2.05) is 47.7 Å². The molecule has 0 bridgehead atoms. The molecular formula is C16H23NO4S2. The SMILES string of the molecule is CSCC(=O)OCCN(CCOC(=O)CSC)c1ccccc1. The van der Waals surface area contributed by atoms with E-state index in [1.54, 1.807) is 0 Å². The van der Waals surface area contributed by atoms with E-state index in [-0.39, 0.29) is 11.9 Å². The molecule has 0 radical (unpaired) electrons. The van der Waals surface area contributed by atoms with Crippen LogP contribution in [0.15, 0.2) is 30.3 Å². The van der Waals surface area contributed by atoms with E-state index >= 15 is 0 Å². The number of esters is 2. The normalized spacial score (nSPS) is 10.2. The molecule has 0 aliphatic carbocycles. The molecule has 23 heavy (non-hydrogen) atoms. The number of hydrogen-bond acceptors (Lipinski definition) is 7. The van der Waals surface area contributed by atoms with E-state index < -0.39 is 0 Å². The minimum absolute atomic E-state index is 0.211. The monoisotopic (exact) mass is 357 g/mol. The van der Waals surface area contributed by atoms with Crippen molar-refractivity contribution in [1.82, 2.24) is 0 Å². The molecule has 0 heterocycles. The van der Waals surface area contributed by atoms with E-state index in [0.29, 0.717) is 37.8 Å². The Morgan fingerprint density at radius 1 is 0.913 bits per heavy atom. The van der Waals surface area contributed by atoms with Crippen LogP contribution in [0.3, 0.4) is 0 Å². The summed E-state index contributed by atoms with van der Waals surface area (Å²) in [6.45, 7) is 1.74. The van der Waals surface area contributed by atoms with Gasteiger partial charge in [-0.2, -0.15) is 23.5 Å². The first-order chi connectivity index (χ1) is 11.2. The van der Waals surface area contributed by atoms with Gasteiger partial charge in [-0.15, -0.1) is 0 Å². The lowest BCUT2D eigenvalue weighted by molar-refractivity contribution is -0.140. The van der Waals surface area contributed by atoms with Gasteiger partial charge in [0, 0.05) is 5.69 Å². The first-order valence-electron chi connectivity index (χ1n) is 7.26. The van der Waals surface area contributed by atoms with Gasteiger partial charge >= 0.3 is 11.9 Å². The zero-order valence-electron chi connectivity index (χ0n) is 13.5. The highest BCUT2D eigenvalue weighted by Crippen LogP contribution is 2.12. The molecule has 0 fully saturated rings. The summed E-state index contributed by atoms with van der Waals surface area (Å²) in [5.74, 6) is 0.295. The summed E-state index contributed by atoms with van der Waals surface area (Å²) >= 11 is 2.88. The summed E-state index contributed by atoms with van der Waals surface area (Å²) in [5, 5.41) is 0. The van der Waals surface area contributed by atoms with E-state index in [4.69, 9.17) is 9.47 Å². The van der Waals surface area contributed by atoms with Crippen LogP contribution >= 0.6 is 23.5 Å². The van der Waals surface area contributed by atoms with Gasteiger partial charge in [-0.1, -0.05) is 18.2 Å². The van der Waals surface area contributed by atoms with Crippen molar-refractivity contribution in [2.24, 2.45) is 0 Å².